The van der Waals surface area contributed by atoms with Crippen molar-refractivity contribution in [3.8, 4) is 0 Å². The van der Waals surface area contributed by atoms with Crippen LogP contribution >= 0.6 is 35.7 Å². The third-order valence-electron chi connectivity index (χ3n) is 4.83. The fraction of sp³-hybridized carbons (Fsp3) is 0.632. The summed E-state index contributed by atoms with van der Waals surface area (Å²) in [4.78, 5) is 28.5. The molecule has 1 aliphatic heterocycles. The summed E-state index contributed by atoms with van der Waals surface area (Å²) in [6, 6.07) is 0. The summed E-state index contributed by atoms with van der Waals surface area (Å²) >= 11 is 8.34. The van der Waals surface area contributed by atoms with Gasteiger partial charge in [-0.15, -0.1) is 10.2 Å². The van der Waals surface area contributed by atoms with Crippen molar-refractivity contribution < 1.29 is 9.53 Å². The van der Waals surface area contributed by atoms with E-state index >= 15 is 0 Å². The molecule has 1 aromatic rings. The molecular formula is C19H28N6O3S3. The van der Waals surface area contributed by atoms with Crippen molar-refractivity contribution in [3.63, 3.8) is 0 Å². The van der Waals surface area contributed by atoms with E-state index in [-0.39, 0.29) is 10.7 Å². The molecule has 2 aliphatic rings. The first-order valence-electron chi connectivity index (χ1n) is 10.1. The van der Waals surface area contributed by atoms with E-state index in [1.165, 1.54) is 21.3 Å². The Morgan fingerprint density at radius 1 is 1.32 bits per heavy atom. The van der Waals surface area contributed by atoms with Crippen molar-refractivity contribution in [1.29, 1.82) is 0 Å². The minimum atomic E-state index is -0.468. The van der Waals surface area contributed by atoms with Crippen LogP contribution in [0.4, 0.5) is 4.79 Å². The highest BCUT2D eigenvalue weighted by molar-refractivity contribution is 8.03. The summed E-state index contributed by atoms with van der Waals surface area (Å²) in [5.41, 5.74) is 3.05. The predicted octanol–water partition coefficient (Wildman–Crippen LogP) is 3.35. The zero-order chi connectivity index (χ0) is 22.8. The van der Waals surface area contributed by atoms with Crippen LogP contribution in [-0.2, 0) is 10.2 Å². The van der Waals surface area contributed by atoms with E-state index < -0.39 is 17.0 Å². The monoisotopic (exact) mass is 484 g/mol. The van der Waals surface area contributed by atoms with Crippen LogP contribution in [0.1, 0.15) is 59.1 Å². The van der Waals surface area contributed by atoms with Gasteiger partial charge in [-0.3, -0.25) is 15.1 Å². The summed E-state index contributed by atoms with van der Waals surface area (Å²) < 4.78 is 6.57. The van der Waals surface area contributed by atoms with E-state index in [1.54, 1.807) is 23.6 Å². The van der Waals surface area contributed by atoms with Gasteiger partial charge in [-0.2, -0.15) is 4.68 Å². The van der Waals surface area contributed by atoms with Crippen molar-refractivity contribution in [3.05, 3.63) is 26.6 Å². The van der Waals surface area contributed by atoms with Crippen LogP contribution in [0, 0.1) is 0 Å². The molecule has 0 fully saturated rings. The minimum Gasteiger partial charge on any atom is -0.449 e. The van der Waals surface area contributed by atoms with Gasteiger partial charge >= 0.3 is 6.09 Å². The van der Waals surface area contributed by atoms with Crippen molar-refractivity contribution in [2.75, 3.05) is 18.3 Å². The van der Waals surface area contributed by atoms with Crippen LogP contribution in [0.2, 0.25) is 0 Å². The van der Waals surface area contributed by atoms with Gasteiger partial charge in [0.2, 0.25) is 5.16 Å². The fourth-order valence-corrected chi connectivity index (χ4v) is 5.46. The van der Waals surface area contributed by atoms with Gasteiger partial charge in [0.1, 0.15) is 5.69 Å². The first-order valence-corrected chi connectivity index (χ1v) is 12.6. The van der Waals surface area contributed by atoms with Gasteiger partial charge in [0.15, 0.2) is 10.6 Å². The Hall–Kier alpha value is -1.79. The first kappa shape index (κ1) is 23.9. The molecule has 0 bridgehead atoms. The number of thioether (sulfide) groups is 2. The third kappa shape index (κ3) is 5.17. The maximum absolute atomic E-state index is 13.0. The normalized spacial score (nSPS) is 18.6. The number of thiocarbonyl (C=S) groups is 1. The second-order valence-electron chi connectivity index (χ2n) is 8.13. The molecule has 12 heteroatoms. The molecule has 3 rings (SSSR count). The SMILES string of the molecule is CCOC(=O)N1C2=C(CCCC2)S[C@H]1NC(=S)Nn1c(SC)nnc(C(C)(C)C)c1=O. The molecular weight excluding hydrogens is 456 g/mol. The highest BCUT2D eigenvalue weighted by Gasteiger charge is 2.39. The summed E-state index contributed by atoms with van der Waals surface area (Å²) in [5, 5.41) is 12.0. The molecule has 1 aliphatic carbocycles. The van der Waals surface area contributed by atoms with Crippen LogP contribution < -0.4 is 16.3 Å². The van der Waals surface area contributed by atoms with Crippen molar-refractivity contribution >= 4 is 46.9 Å². The molecule has 170 valence electrons. The Morgan fingerprint density at radius 2 is 2.03 bits per heavy atom. The number of nitrogens with one attached hydrogen (secondary N) is 2. The molecule has 2 heterocycles. The van der Waals surface area contributed by atoms with Gasteiger partial charge in [-0.25, -0.2) is 4.79 Å². The van der Waals surface area contributed by atoms with Gasteiger partial charge in [0.25, 0.3) is 5.56 Å². The third-order valence-corrected chi connectivity index (χ3v) is 6.94. The number of allylic oxidation sites excluding steroid dienone is 2. The standard InChI is InChI=1S/C19H28N6O3S3/c1-6-28-18(27)24-11-9-7-8-10-12(11)31-16(24)20-15(29)23-25-14(26)13(19(2,3)4)21-22-17(25)30-5/h16H,6-10H2,1-5H3,(H2,20,23,29)/t16-/m0/s1. The van der Waals surface area contributed by atoms with Crippen molar-refractivity contribution in [2.24, 2.45) is 0 Å². The molecule has 0 saturated heterocycles. The number of carbonyl (C=O) groups is 1. The van der Waals surface area contributed by atoms with Gasteiger partial charge < -0.3 is 10.1 Å². The molecule has 0 saturated carbocycles. The number of amides is 1. The van der Waals surface area contributed by atoms with E-state index in [1.807, 2.05) is 27.0 Å². The largest absolute Gasteiger partial charge is 0.449 e. The molecule has 0 unspecified atom stereocenters. The van der Waals surface area contributed by atoms with Crippen molar-refractivity contribution in [2.45, 2.75) is 69.4 Å². The number of nitrogens with zero attached hydrogens (tertiary/aromatic N) is 4. The average Bonchev–Trinajstić information content (AvgIpc) is 3.06. The molecule has 31 heavy (non-hydrogen) atoms. The predicted molar refractivity (Wildman–Crippen MR) is 128 cm³/mol. The lowest BCUT2D eigenvalue weighted by atomic mass is 9.93. The number of carbonyl (C=O) groups excluding carboxylic acids is 1. The average molecular weight is 485 g/mol. The summed E-state index contributed by atoms with van der Waals surface area (Å²) in [7, 11) is 0. The number of aromatic nitrogens is 3. The molecule has 1 aromatic heterocycles. The lowest BCUT2D eigenvalue weighted by Crippen LogP contribution is -2.50. The molecule has 2 N–H and O–H groups in total. The Labute approximate surface area is 195 Å². The summed E-state index contributed by atoms with van der Waals surface area (Å²) in [6.45, 7) is 7.79. The fourth-order valence-electron chi connectivity index (χ4n) is 3.39. The Balaban J connectivity index is 1.82. The zero-order valence-electron chi connectivity index (χ0n) is 18.4. The summed E-state index contributed by atoms with van der Waals surface area (Å²) in [6.07, 6.45) is 5.32. The molecule has 0 spiro atoms. The lowest BCUT2D eigenvalue weighted by Gasteiger charge is -2.28. The van der Waals surface area contributed by atoms with E-state index in [4.69, 9.17) is 17.0 Å². The second kappa shape index (κ2) is 9.78. The lowest BCUT2D eigenvalue weighted by molar-refractivity contribution is 0.113. The zero-order valence-corrected chi connectivity index (χ0v) is 20.8. The number of ether oxygens (including phenoxy) is 1. The highest BCUT2D eigenvalue weighted by Crippen LogP contribution is 2.44. The number of hydrogen-bond acceptors (Lipinski definition) is 8. The Kier molecular flexibility index (Phi) is 7.53. The molecule has 1 amide bonds. The van der Waals surface area contributed by atoms with Gasteiger partial charge in [0.05, 0.1) is 6.61 Å². The van der Waals surface area contributed by atoms with Gasteiger partial charge in [0, 0.05) is 16.0 Å². The van der Waals surface area contributed by atoms with Crippen molar-refractivity contribution in [1.82, 2.24) is 25.1 Å². The van der Waals surface area contributed by atoms with Crippen LogP contribution in [0.15, 0.2) is 20.6 Å². The second-order valence-corrected chi connectivity index (χ2v) is 10.5. The smallest absolute Gasteiger partial charge is 0.416 e. The molecule has 1 atom stereocenters. The van der Waals surface area contributed by atoms with Gasteiger partial charge in [-0.05, 0) is 51.1 Å². The molecule has 0 aromatic carbocycles. The molecule has 0 radical (unpaired) electrons. The number of rotatable bonds is 4. The van der Waals surface area contributed by atoms with E-state index in [2.05, 4.69) is 20.9 Å². The molecule has 9 nitrogen and oxygen atoms in total. The number of hydrogen-bond donors (Lipinski definition) is 2. The highest BCUT2D eigenvalue weighted by atomic mass is 32.2. The maximum atomic E-state index is 13.0. The van der Waals surface area contributed by atoms with Crippen LogP contribution in [0.3, 0.4) is 0 Å². The topological polar surface area (TPSA) is 101 Å². The van der Waals surface area contributed by atoms with E-state index in [9.17, 15) is 9.59 Å². The Morgan fingerprint density at radius 3 is 2.68 bits per heavy atom. The van der Waals surface area contributed by atoms with Crippen LogP contribution in [0.5, 0.6) is 0 Å². The van der Waals surface area contributed by atoms with Crippen LogP contribution in [0.25, 0.3) is 0 Å². The van der Waals surface area contributed by atoms with E-state index in [0.717, 1.165) is 31.4 Å². The van der Waals surface area contributed by atoms with Gasteiger partial charge in [-0.1, -0.05) is 44.3 Å². The Bertz CT molecular complexity index is 956. The van der Waals surface area contributed by atoms with E-state index in [0.29, 0.717) is 17.5 Å². The quantitative estimate of drug-likeness (QED) is 0.489. The summed E-state index contributed by atoms with van der Waals surface area (Å²) in [5.74, 6) is 0. The minimum absolute atomic E-state index is 0.205. The maximum Gasteiger partial charge on any atom is 0.416 e. The first-order chi connectivity index (χ1) is 14.7. The van der Waals surface area contributed by atoms with Crippen LogP contribution in [-0.4, -0.2) is 49.3 Å².